The number of carboxylic acids is 1. The van der Waals surface area contributed by atoms with Gasteiger partial charge in [0.25, 0.3) is 0 Å². The summed E-state index contributed by atoms with van der Waals surface area (Å²) in [5.41, 5.74) is -0.316. The molecule has 2 N–H and O–H groups in total. The number of carbonyl (C=O) groups is 2. The minimum absolute atomic E-state index is 0.0130. The zero-order valence-electron chi connectivity index (χ0n) is 15.1. The van der Waals surface area contributed by atoms with Gasteiger partial charge in [-0.1, -0.05) is 19.3 Å². The van der Waals surface area contributed by atoms with E-state index < -0.39 is 5.97 Å². The van der Waals surface area contributed by atoms with Gasteiger partial charge in [-0.3, -0.25) is 9.48 Å². The van der Waals surface area contributed by atoms with E-state index in [-0.39, 0.29) is 23.9 Å². The summed E-state index contributed by atoms with van der Waals surface area (Å²) < 4.78 is 7.44. The topological polar surface area (TPSA) is 96.7 Å². The molecule has 0 spiro atoms. The van der Waals surface area contributed by atoms with Gasteiger partial charge in [-0.2, -0.15) is 5.10 Å². The van der Waals surface area contributed by atoms with Crippen molar-refractivity contribution in [3.63, 3.8) is 0 Å². The Labute approximate surface area is 153 Å². The van der Waals surface area contributed by atoms with Gasteiger partial charge in [0, 0.05) is 32.0 Å². The first-order chi connectivity index (χ1) is 12.6. The molecule has 1 unspecified atom stereocenters. The number of amides is 2. The monoisotopic (exact) mass is 364 g/mol. The van der Waals surface area contributed by atoms with Crippen LogP contribution in [0.4, 0.5) is 4.79 Å². The van der Waals surface area contributed by atoms with Crippen molar-refractivity contribution < 1.29 is 19.4 Å². The Kier molecular flexibility index (Phi) is 6.13. The number of aliphatic carboxylic acids is 1. The molecule has 2 amide bonds. The lowest BCUT2D eigenvalue weighted by atomic mass is 9.72. The second kappa shape index (κ2) is 8.53. The lowest BCUT2D eigenvalue weighted by Gasteiger charge is -2.37. The Morgan fingerprint density at radius 1 is 1.31 bits per heavy atom. The van der Waals surface area contributed by atoms with Crippen molar-refractivity contribution in [1.82, 2.24) is 20.0 Å². The number of carbonyl (C=O) groups excluding carboxylic acids is 1. The highest BCUT2D eigenvalue weighted by molar-refractivity contribution is 5.74. The minimum Gasteiger partial charge on any atom is -0.481 e. The van der Waals surface area contributed by atoms with E-state index in [1.54, 1.807) is 11.1 Å². The van der Waals surface area contributed by atoms with Crippen molar-refractivity contribution in [2.75, 3.05) is 32.8 Å². The van der Waals surface area contributed by atoms with E-state index in [0.717, 1.165) is 32.1 Å². The van der Waals surface area contributed by atoms with Crippen LogP contribution in [0.25, 0.3) is 0 Å². The molecule has 1 aromatic rings. The van der Waals surface area contributed by atoms with Crippen molar-refractivity contribution in [2.24, 2.45) is 5.41 Å². The van der Waals surface area contributed by atoms with Gasteiger partial charge in [-0.05, 0) is 24.3 Å². The molecule has 2 aliphatic rings. The Hall–Kier alpha value is -2.09. The highest BCUT2D eigenvalue weighted by Gasteiger charge is 2.35. The second-order valence-electron chi connectivity index (χ2n) is 7.45. The standard InChI is InChI=1S/C18H28N4O4/c23-16(24)11-18(5-2-1-3-6-18)14-19-17(25)21-9-10-26-13-15(12-21)22-8-4-7-20-22/h4,7-8,15H,1-3,5-6,9-14H2,(H,19,25)(H,23,24). The van der Waals surface area contributed by atoms with E-state index in [9.17, 15) is 14.7 Å². The van der Waals surface area contributed by atoms with Crippen molar-refractivity contribution >= 4 is 12.0 Å². The Morgan fingerprint density at radius 3 is 2.81 bits per heavy atom. The molecular formula is C18H28N4O4. The van der Waals surface area contributed by atoms with Crippen LogP contribution in [0.2, 0.25) is 0 Å². The number of rotatable bonds is 5. The van der Waals surface area contributed by atoms with Crippen LogP contribution in [0, 0.1) is 5.41 Å². The number of ether oxygens (including phenoxy) is 1. The first kappa shape index (κ1) is 18.7. The van der Waals surface area contributed by atoms with Crippen molar-refractivity contribution in [3.05, 3.63) is 18.5 Å². The van der Waals surface area contributed by atoms with E-state index in [2.05, 4.69) is 10.4 Å². The summed E-state index contributed by atoms with van der Waals surface area (Å²) in [5.74, 6) is -0.789. The summed E-state index contributed by atoms with van der Waals surface area (Å²) in [5, 5.41) is 16.5. The van der Waals surface area contributed by atoms with E-state index in [1.807, 2.05) is 16.9 Å². The fourth-order valence-corrected chi connectivity index (χ4v) is 4.05. The zero-order chi connectivity index (χ0) is 18.4. The lowest BCUT2D eigenvalue weighted by molar-refractivity contribution is -0.140. The number of carboxylic acid groups (broad SMARTS) is 1. The zero-order valence-corrected chi connectivity index (χ0v) is 15.1. The predicted molar refractivity (Wildman–Crippen MR) is 94.8 cm³/mol. The van der Waals surface area contributed by atoms with E-state index in [1.165, 1.54) is 0 Å². The van der Waals surface area contributed by atoms with Crippen LogP contribution < -0.4 is 5.32 Å². The highest BCUT2D eigenvalue weighted by Crippen LogP contribution is 2.38. The molecule has 1 saturated carbocycles. The average molecular weight is 364 g/mol. The third kappa shape index (κ3) is 4.75. The van der Waals surface area contributed by atoms with E-state index in [0.29, 0.717) is 32.8 Å². The van der Waals surface area contributed by atoms with Crippen molar-refractivity contribution in [2.45, 2.75) is 44.6 Å². The highest BCUT2D eigenvalue weighted by atomic mass is 16.5. The maximum absolute atomic E-state index is 12.7. The van der Waals surface area contributed by atoms with Gasteiger partial charge in [-0.15, -0.1) is 0 Å². The summed E-state index contributed by atoms with van der Waals surface area (Å²) >= 11 is 0. The Bertz CT molecular complexity index is 598. The van der Waals surface area contributed by atoms with Crippen LogP contribution >= 0.6 is 0 Å². The number of nitrogens with zero attached hydrogens (tertiary/aromatic N) is 3. The number of hydrogen-bond acceptors (Lipinski definition) is 4. The SMILES string of the molecule is O=C(O)CC1(CNC(=O)N2CCOCC(n3cccn3)C2)CCCCC1. The molecule has 0 aromatic carbocycles. The molecule has 2 fully saturated rings. The third-order valence-electron chi connectivity index (χ3n) is 5.49. The number of aromatic nitrogens is 2. The summed E-state index contributed by atoms with van der Waals surface area (Å²) in [4.78, 5) is 25.8. The normalized spacial score (nSPS) is 23.2. The molecule has 1 saturated heterocycles. The summed E-state index contributed by atoms with van der Waals surface area (Å²) in [7, 11) is 0. The van der Waals surface area contributed by atoms with E-state index in [4.69, 9.17) is 4.74 Å². The molecule has 2 heterocycles. The smallest absolute Gasteiger partial charge is 0.317 e. The molecule has 26 heavy (non-hydrogen) atoms. The molecule has 3 rings (SSSR count). The van der Waals surface area contributed by atoms with Gasteiger partial charge in [0.15, 0.2) is 0 Å². The quantitative estimate of drug-likeness (QED) is 0.832. The minimum atomic E-state index is -0.789. The molecule has 0 radical (unpaired) electrons. The van der Waals surface area contributed by atoms with Crippen LogP contribution in [-0.4, -0.2) is 64.6 Å². The molecule has 1 aromatic heterocycles. The van der Waals surface area contributed by atoms with Gasteiger partial charge in [0.05, 0.1) is 25.7 Å². The molecule has 8 nitrogen and oxygen atoms in total. The number of hydrogen-bond donors (Lipinski definition) is 2. The average Bonchev–Trinajstić information content (AvgIpc) is 3.05. The maximum Gasteiger partial charge on any atom is 0.317 e. The van der Waals surface area contributed by atoms with Crippen LogP contribution in [-0.2, 0) is 9.53 Å². The molecule has 1 atom stereocenters. The third-order valence-corrected chi connectivity index (χ3v) is 5.49. The fourth-order valence-electron chi connectivity index (χ4n) is 4.05. The first-order valence-corrected chi connectivity index (χ1v) is 9.39. The van der Waals surface area contributed by atoms with E-state index >= 15 is 0 Å². The van der Waals surface area contributed by atoms with Gasteiger partial charge in [-0.25, -0.2) is 4.79 Å². The fraction of sp³-hybridized carbons (Fsp3) is 0.722. The largest absolute Gasteiger partial charge is 0.481 e. The molecule has 144 valence electrons. The van der Waals surface area contributed by atoms with Crippen LogP contribution in [0.15, 0.2) is 18.5 Å². The summed E-state index contributed by atoms with van der Waals surface area (Å²) in [6.07, 6.45) is 8.63. The number of nitrogens with one attached hydrogen (secondary N) is 1. The molecular weight excluding hydrogens is 336 g/mol. The molecule has 0 bridgehead atoms. The molecule has 1 aliphatic carbocycles. The lowest BCUT2D eigenvalue weighted by Crippen LogP contribution is -2.47. The van der Waals surface area contributed by atoms with Crippen LogP contribution in [0.1, 0.15) is 44.6 Å². The van der Waals surface area contributed by atoms with Crippen molar-refractivity contribution in [3.8, 4) is 0 Å². The van der Waals surface area contributed by atoms with Gasteiger partial charge < -0.3 is 20.1 Å². The molecule has 1 aliphatic heterocycles. The Morgan fingerprint density at radius 2 is 2.12 bits per heavy atom. The molecule has 8 heteroatoms. The van der Waals surface area contributed by atoms with Gasteiger partial charge >= 0.3 is 12.0 Å². The predicted octanol–water partition coefficient (Wildman–Crippen LogP) is 1.89. The first-order valence-electron chi connectivity index (χ1n) is 9.39. The maximum atomic E-state index is 12.7. The van der Waals surface area contributed by atoms with Crippen molar-refractivity contribution in [1.29, 1.82) is 0 Å². The summed E-state index contributed by atoms with van der Waals surface area (Å²) in [6, 6.07) is 1.69. The second-order valence-corrected chi connectivity index (χ2v) is 7.45. The van der Waals surface area contributed by atoms with Gasteiger partial charge in [0.1, 0.15) is 0 Å². The Balaban J connectivity index is 1.59. The van der Waals surface area contributed by atoms with Crippen LogP contribution in [0.3, 0.4) is 0 Å². The number of urea groups is 1. The summed E-state index contributed by atoms with van der Waals surface area (Å²) in [6.45, 7) is 2.48. The van der Waals surface area contributed by atoms with Gasteiger partial charge in [0.2, 0.25) is 0 Å². The van der Waals surface area contributed by atoms with Crippen LogP contribution in [0.5, 0.6) is 0 Å².